The molecule has 0 spiro atoms. The van der Waals surface area contributed by atoms with Gasteiger partial charge in [0.25, 0.3) is 0 Å². The number of aliphatic hydroxyl groups is 1. The summed E-state index contributed by atoms with van der Waals surface area (Å²) in [4.78, 5) is 21.1. The van der Waals surface area contributed by atoms with Crippen LogP contribution in [0.1, 0.15) is 63.9 Å². The average molecular weight is 420 g/mol. The smallest absolute Gasteiger partial charge is 0.225 e. The Morgan fingerprint density at radius 2 is 2.17 bits per heavy atom. The first-order chi connectivity index (χ1) is 13.8. The fourth-order valence-electron chi connectivity index (χ4n) is 5.79. The number of hydrogen-bond donors (Lipinski definition) is 2. The highest BCUT2D eigenvalue weighted by molar-refractivity contribution is 7.15. The zero-order valence-corrected chi connectivity index (χ0v) is 19.4. The maximum absolute atomic E-state index is 13.0. The van der Waals surface area contributed by atoms with Crippen molar-refractivity contribution in [2.75, 3.05) is 25.0 Å². The maximum atomic E-state index is 13.0. The van der Waals surface area contributed by atoms with Gasteiger partial charge in [0.1, 0.15) is 0 Å². The summed E-state index contributed by atoms with van der Waals surface area (Å²) in [6, 6.07) is 0. The maximum Gasteiger partial charge on any atom is 0.225 e. The predicted octanol–water partition coefficient (Wildman–Crippen LogP) is 4.30. The van der Waals surface area contributed by atoms with Crippen molar-refractivity contribution in [2.45, 2.75) is 65.9 Å². The molecule has 5 nitrogen and oxygen atoms in total. The van der Waals surface area contributed by atoms with Gasteiger partial charge in [-0.05, 0) is 50.4 Å². The van der Waals surface area contributed by atoms with Gasteiger partial charge in [0, 0.05) is 36.3 Å². The number of amides is 1. The third kappa shape index (κ3) is 3.98. The summed E-state index contributed by atoms with van der Waals surface area (Å²) in [5.74, 6) is 0.365. The van der Waals surface area contributed by atoms with E-state index in [9.17, 15) is 9.90 Å². The van der Waals surface area contributed by atoms with Gasteiger partial charge in [-0.2, -0.15) is 0 Å². The minimum atomic E-state index is -0.474. The molecular formula is C23H37N3O2S. The van der Waals surface area contributed by atoms with E-state index >= 15 is 0 Å². The molecule has 1 amide bonds. The molecule has 29 heavy (non-hydrogen) atoms. The molecule has 1 saturated carbocycles. The zero-order chi connectivity index (χ0) is 21.3. The summed E-state index contributed by atoms with van der Waals surface area (Å²) in [5.41, 5.74) is 1.19. The first-order valence-electron chi connectivity index (χ1n) is 11.1. The van der Waals surface area contributed by atoms with E-state index in [4.69, 9.17) is 4.98 Å². The molecule has 0 saturated heterocycles. The molecule has 3 rings (SSSR count). The SMILES string of the molecule is C=CCNc1nc2c(s1)CC1(C)CCC(C(C)C(=O)N(CC)CC)C(O)C1C2C. The van der Waals surface area contributed by atoms with Crippen molar-refractivity contribution in [3.63, 3.8) is 0 Å². The fourth-order valence-corrected chi connectivity index (χ4v) is 7.06. The summed E-state index contributed by atoms with van der Waals surface area (Å²) < 4.78 is 0. The van der Waals surface area contributed by atoms with Crippen LogP contribution in [-0.2, 0) is 11.2 Å². The highest BCUT2D eigenvalue weighted by Crippen LogP contribution is 2.57. The highest BCUT2D eigenvalue weighted by atomic mass is 32.1. The molecule has 1 aromatic rings. The van der Waals surface area contributed by atoms with Crippen LogP contribution in [0.25, 0.3) is 0 Å². The van der Waals surface area contributed by atoms with Crippen molar-refractivity contribution in [3.05, 3.63) is 23.2 Å². The number of aromatic nitrogens is 1. The van der Waals surface area contributed by atoms with Crippen molar-refractivity contribution in [2.24, 2.45) is 23.2 Å². The molecule has 6 unspecified atom stereocenters. The molecular weight excluding hydrogens is 382 g/mol. The van der Waals surface area contributed by atoms with Gasteiger partial charge in [-0.3, -0.25) is 4.79 Å². The highest BCUT2D eigenvalue weighted by Gasteiger charge is 2.54. The lowest BCUT2D eigenvalue weighted by Crippen LogP contribution is -2.53. The number of carbonyl (C=O) groups is 1. The van der Waals surface area contributed by atoms with E-state index in [1.54, 1.807) is 11.3 Å². The van der Waals surface area contributed by atoms with Gasteiger partial charge in [0.15, 0.2) is 5.13 Å². The molecule has 6 heteroatoms. The molecule has 6 atom stereocenters. The summed E-state index contributed by atoms with van der Waals surface area (Å²) in [6.45, 7) is 16.5. The number of hydrogen-bond acceptors (Lipinski definition) is 5. The van der Waals surface area contributed by atoms with E-state index < -0.39 is 6.10 Å². The number of aliphatic hydroxyl groups excluding tert-OH is 1. The summed E-state index contributed by atoms with van der Waals surface area (Å²) >= 11 is 1.74. The van der Waals surface area contributed by atoms with Crippen molar-refractivity contribution in [3.8, 4) is 0 Å². The Hall–Kier alpha value is -1.40. The Morgan fingerprint density at radius 1 is 1.48 bits per heavy atom. The molecule has 2 aliphatic carbocycles. The van der Waals surface area contributed by atoms with Crippen LogP contribution in [0.15, 0.2) is 12.7 Å². The fraction of sp³-hybridized carbons (Fsp3) is 0.739. The Kier molecular flexibility index (Phi) is 6.74. The minimum Gasteiger partial charge on any atom is -0.392 e. The number of nitrogens with one attached hydrogen (secondary N) is 1. The second-order valence-corrected chi connectivity index (χ2v) is 10.2. The van der Waals surface area contributed by atoms with Crippen LogP contribution in [0.2, 0.25) is 0 Å². The third-order valence-corrected chi connectivity index (χ3v) is 8.46. The van der Waals surface area contributed by atoms with Crippen LogP contribution >= 0.6 is 11.3 Å². The van der Waals surface area contributed by atoms with Crippen LogP contribution in [0.5, 0.6) is 0 Å². The minimum absolute atomic E-state index is 0.0159. The normalized spacial score (nSPS) is 32.1. The average Bonchev–Trinajstić information content (AvgIpc) is 3.09. The van der Waals surface area contributed by atoms with E-state index in [0.717, 1.165) is 43.2 Å². The third-order valence-electron chi connectivity index (χ3n) is 7.43. The standard InChI is InChI=1S/C23H37N3O2S/c1-7-12-24-22-25-19-15(5)18-20(27)16(14(4)21(28)26(8-2)9-3)10-11-23(18,6)13-17(19)29-22/h7,14-16,18,20,27H,1,8-13H2,2-6H3,(H,24,25). The summed E-state index contributed by atoms with van der Waals surface area (Å²) in [7, 11) is 0. The summed E-state index contributed by atoms with van der Waals surface area (Å²) in [5, 5.41) is 15.8. The number of carbonyl (C=O) groups excluding carboxylic acids is 1. The van der Waals surface area contributed by atoms with Gasteiger partial charge < -0.3 is 15.3 Å². The largest absolute Gasteiger partial charge is 0.392 e. The Balaban J connectivity index is 1.84. The monoisotopic (exact) mass is 419 g/mol. The lowest BCUT2D eigenvalue weighted by atomic mass is 9.53. The van der Waals surface area contributed by atoms with E-state index in [2.05, 4.69) is 25.7 Å². The number of fused-ring (bicyclic) bond motifs is 2. The van der Waals surface area contributed by atoms with Crippen LogP contribution in [-0.4, -0.2) is 46.6 Å². The molecule has 0 aliphatic heterocycles. The van der Waals surface area contributed by atoms with Gasteiger partial charge in [0.2, 0.25) is 5.91 Å². The second-order valence-electron chi connectivity index (χ2n) is 9.13. The lowest BCUT2D eigenvalue weighted by molar-refractivity contribution is -0.144. The molecule has 0 radical (unpaired) electrons. The van der Waals surface area contributed by atoms with Gasteiger partial charge in [-0.1, -0.05) is 26.8 Å². The van der Waals surface area contributed by atoms with Gasteiger partial charge in [-0.15, -0.1) is 17.9 Å². The Morgan fingerprint density at radius 3 is 2.79 bits per heavy atom. The Labute approximate surface area is 179 Å². The van der Waals surface area contributed by atoms with Crippen molar-refractivity contribution >= 4 is 22.4 Å². The first-order valence-corrected chi connectivity index (χ1v) is 11.9. The van der Waals surface area contributed by atoms with E-state index in [1.807, 2.05) is 31.7 Å². The van der Waals surface area contributed by atoms with Gasteiger partial charge >= 0.3 is 0 Å². The van der Waals surface area contributed by atoms with Crippen LogP contribution in [0, 0.1) is 23.2 Å². The lowest BCUT2D eigenvalue weighted by Gasteiger charge is -2.53. The van der Waals surface area contributed by atoms with E-state index in [-0.39, 0.29) is 35.0 Å². The topological polar surface area (TPSA) is 65.5 Å². The van der Waals surface area contributed by atoms with E-state index in [1.165, 1.54) is 4.88 Å². The Bertz CT molecular complexity index is 744. The van der Waals surface area contributed by atoms with Crippen LogP contribution in [0.4, 0.5) is 5.13 Å². The van der Waals surface area contributed by atoms with Crippen molar-refractivity contribution in [1.82, 2.24) is 9.88 Å². The number of nitrogens with zero attached hydrogens (tertiary/aromatic N) is 2. The molecule has 162 valence electrons. The number of thiazole rings is 1. The molecule has 0 bridgehead atoms. The molecule has 1 aromatic heterocycles. The first kappa shape index (κ1) is 22.3. The zero-order valence-electron chi connectivity index (χ0n) is 18.6. The number of rotatable bonds is 7. The van der Waals surface area contributed by atoms with Crippen LogP contribution in [0.3, 0.4) is 0 Å². The van der Waals surface area contributed by atoms with E-state index in [0.29, 0.717) is 6.54 Å². The summed E-state index contributed by atoms with van der Waals surface area (Å²) in [6.07, 6.45) is 4.29. The molecule has 2 N–H and O–H groups in total. The van der Waals surface area contributed by atoms with Gasteiger partial charge in [0.05, 0.1) is 11.8 Å². The number of anilines is 1. The van der Waals surface area contributed by atoms with Crippen molar-refractivity contribution in [1.29, 1.82) is 0 Å². The second kappa shape index (κ2) is 8.76. The van der Waals surface area contributed by atoms with Gasteiger partial charge in [-0.25, -0.2) is 4.98 Å². The molecule has 1 fully saturated rings. The van der Waals surface area contributed by atoms with Crippen molar-refractivity contribution < 1.29 is 9.90 Å². The molecule has 2 aliphatic rings. The molecule has 0 aromatic carbocycles. The molecule has 1 heterocycles. The van der Waals surface area contributed by atoms with Crippen LogP contribution < -0.4 is 5.32 Å². The quantitative estimate of drug-likeness (QED) is 0.647. The predicted molar refractivity (Wildman–Crippen MR) is 120 cm³/mol.